The predicted molar refractivity (Wildman–Crippen MR) is 166 cm³/mol. The first-order valence-electron chi connectivity index (χ1n) is 14.9. The van der Waals surface area contributed by atoms with Gasteiger partial charge >= 0.3 is 17.9 Å². The third kappa shape index (κ3) is 8.89. The van der Waals surface area contributed by atoms with Gasteiger partial charge in [0.25, 0.3) is 0 Å². The number of hydrogen-bond acceptors (Lipinski definition) is 7. The quantitative estimate of drug-likeness (QED) is 0.307. The van der Waals surface area contributed by atoms with Gasteiger partial charge in [0, 0.05) is 39.2 Å². The number of aryl methyl sites for hydroxylation is 2. The van der Waals surface area contributed by atoms with Crippen molar-refractivity contribution in [3.63, 3.8) is 0 Å². The van der Waals surface area contributed by atoms with Crippen LogP contribution in [0.1, 0.15) is 60.3 Å². The molecule has 244 valence electrons. The van der Waals surface area contributed by atoms with Gasteiger partial charge in [-0.15, -0.1) is 0 Å². The van der Waals surface area contributed by atoms with E-state index in [0.29, 0.717) is 18.8 Å². The number of rotatable bonds is 10. The highest BCUT2D eigenvalue weighted by Gasteiger charge is 2.41. The second kappa shape index (κ2) is 15.1. The van der Waals surface area contributed by atoms with Gasteiger partial charge in [0.15, 0.2) is 5.60 Å². The molecule has 0 bridgehead atoms. The molecular formula is C33H43N3O9. The van der Waals surface area contributed by atoms with E-state index in [-0.39, 0.29) is 11.8 Å². The molecule has 4 rings (SSSR count). The summed E-state index contributed by atoms with van der Waals surface area (Å²) in [6.45, 7) is 7.21. The summed E-state index contributed by atoms with van der Waals surface area (Å²) in [6.07, 6.45) is 1.02. The van der Waals surface area contributed by atoms with Crippen LogP contribution in [-0.2, 0) is 30.4 Å². The number of aliphatic hydroxyl groups is 1. The van der Waals surface area contributed by atoms with Crippen LogP contribution in [0.4, 0.5) is 5.69 Å². The second-order valence-corrected chi connectivity index (χ2v) is 12.0. The van der Waals surface area contributed by atoms with E-state index < -0.39 is 42.4 Å². The van der Waals surface area contributed by atoms with Gasteiger partial charge in [-0.2, -0.15) is 0 Å². The van der Waals surface area contributed by atoms with Crippen molar-refractivity contribution in [2.75, 3.05) is 38.6 Å². The van der Waals surface area contributed by atoms with E-state index in [1.54, 1.807) is 23.9 Å². The number of carboxylic acid groups (broad SMARTS) is 3. The smallest absolute Gasteiger partial charge is 0.336 e. The fourth-order valence-electron chi connectivity index (χ4n) is 6.19. The van der Waals surface area contributed by atoms with Crippen LogP contribution in [0.25, 0.3) is 0 Å². The molecule has 0 saturated carbocycles. The number of piperidine rings is 1. The van der Waals surface area contributed by atoms with E-state index in [9.17, 15) is 24.0 Å². The first-order chi connectivity index (χ1) is 21.1. The maximum absolute atomic E-state index is 13.3. The molecule has 0 aromatic heterocycles. The number of likely N-dealkylation sites (N-methyl/N-ethyl adjacent to an activating group) is 1. The van der Waals surface area contributed by atoms with E-state index >= 15 is 0 Å². The summed E-state index contributed by atoms with van der Waals surface area (Å²) in [4.78, 5) is 62.3. The van der Waals surface area contributed by atoms with Crippen LogP contribution in [0.5, 0.6) is 0 Å². The van der Waals surface area contributed by atoms with Gasteiger partial charge in [-0.25, -0.2) is 4.79 Å². The lowest BCUT2D eigenvalue weighted by atomic mass is 9.84. The lowest BCUT2D eigenvalue weighted by Gasteiger charge is -2.34. The molecule has 45 heavy (non-hydrogen) atoms. The van der Waals surface area contributed by atoms with Crippen LogP contribution < -0.4 is 4.90 Å². The van der Waals surface area contributed by atoms with Gasteiger partial charge in [0.2, 0.25) is 11.8 Å². The number of aliphatic carboxylic acids is 3. The molecule has 0 unspecified atom stereocenters. The van der Waals surface area contributed by atoms with Crippen LogP contribution in [0.3, 0.4) is 0 Å². The zero-order valence-electron chi connectivity index (χ0n) is 26.2. The molecule has 0 spiro atoms. The van der Waals surface area contributed by atoms with E-state index in [2.05, 4.69) is 36.9 Å². The highest BCUT2D eigenvalue weighted by Crippen LogP contribution is 2.34. The van der Waals surface area contributed by atoms with Crippen LogP contribution in [0, 0.1) is 13.8 Å². The number of nitrogens with zero attached hydrogens (tertiary/aromatic N) is 3. The van der Waals surface area contributed by atoms with E-state index in [1.165, 1.54) is 16.7 Å². The third-order valence-electron chi connectivity index (χ3n) is 8.44. The minimum Gasteiger partial charge on any atom is -0.481 e. The summed E-state index contributed by atoms with van der Waals surface area (Å²) in [5, 5.41) is 33.8. The Hall–Kier alpha value is -4.29. The molecule has 1 fully saturated rings. The Bertz CT molecular complexity index is 1380. The van der Waals surface area contributed by atoms with E-state index in [1.807, 2.05) is 24.3 Å². The summed E-state index contributed by atoms with van der Waals surface area (Å²) < 4.78 is 0. The summed E-state index contributed by atoms with van der Waals surface area (Å²) in [5.41, 5.74) is 3.53. The number of carboxylic acids is 3. The number of para-hydroxylation sites is 1. The molecule has 1 saturated heterocycles. The van der Waals surface area contributed by atoms with Gasteiger partial charge in [-0.3, -0.25) is 24.1 Å². The molecule has 12 heteroatoms. The van der Waals surface area contributed by atoms with Crippen molar-refractivity contribution in [1.82, 2.24) is 9.80 Å². The van der Waals surface area contributed by atoms with Gasteiger partial charge in [0.1, 0.15) is 6.04 Å². The monoisotopic (exact) mass is 625 g/mol. The zero-order valence-corrected chi connectivity index (χ0v) is 26.2. The first kappa shape index (κ1) is 35.2. The molecule has 2 aromatic carbocycles. The second-order valence-electron chi connectivity index (χ2n) is 12.0. The molecule has 2 aliphatic heterocycles. The maximum Gasteiger partial charge on any atom is 0.336 e. The minimum absolute atomic E-state index is 0.0102. The Kier molecular flexibility index (Phi) is 11.8. The number of anilines is 1. The van der Waals surface area contributed by atoms with Crippen LogP contribution >= 0.6 is 0 Å². The van der Waals surface area contributed by atoms with E-state index in [4.69, 9.17) is 20.4 Å². The van der Waals surface area contributed by atoms with Crippen molar-refractivity contribution in [2.24, 2.45) is 0 Å². The lowest BCUT2D eigenvalue weighted by molar-refractivity contribution is -0.170. The molecular weight excluding hydrogens is 582 g/mol. The number of fused-ring (bicyclic) bond motifs is 1. The fourth-order valence-corrected chi connectivity index (χ4v) is 6.19. The normalized spacial score (nSPS) is 16.7. The summed E-state index contributed by atoms with van der Waals surface area (Å²) in [6, 6.07) is 14.1. The van der Waals surface area contributed by atoms with Crippen LogP contribution in [0.15, 0.2) is 42.5 Å². The molecule has 4 N–H and O–H groups in total. The van der Waals surface area contributed by atoms with Crippen molar-refractivity contribution >= 4 is 35.4 Å². The van der Waals surface area contributed by atoms with Gasteiger partial charge in [-0.05, 0) is 74.0 Å². The number of benzene rings is 2. The summed E-state index contributed by atoms with van der Waals surface area (Å²) in [7, 11) is 3.52. The summed E-state index contributed by atoms with van der Waals surface area (Å²) in [5.74, 6) is -4.37. The van der Waals surface area contributed by atoms with Crippen molar-refractivity contribution in [3.8, 4) is 0 Å². The molecule has 2 amide bonds. The van der Waals surface area contributed by atoms with E-state index in [0.717, 1.165) is 43.7 Å². The highest BCUT2D eigenvalue weighted by molar-refractivity contribution is 6.03. The summed E-state index contributed by atoms with van der Waals surface area (Å²) >= 11 is 0. The Morgan fingerprint density at radius 2 is 1.42 bits per heavy atom. The largest absolute Gasteiger partial charge is 0.481 e. The topological polar surface area (TPSA) is 176 Å². The fraction of sp³-hybridized carbons (Fsp3) is 0.485. The first-order valence-corrected chi connectivity index (χ1v) is 14.9. The molecule has 1 atom stereocenters. The van der Waals surface area contributed by atoms with Crippen LogP contribution in [0.2, 0.25) is 0 Å². The van der Waals surface area contributed by atoms with Crippen LogP contribution in [-0.4, -0.2) is 105 Å². The van der Waals surface area contributed by atoms with Crippen molar-refractivity contribution in [3.05, 3.63) is 64.7 Å². The van der Waals surface area contributed by atoms with Crippen molar-refractivity contribution < 1.29 is 44.4 Å². The van der Waals surface area contributed by atoms with Gasteiger partial charge in [-0.1, -0.05) is 36.4 Å². The Morgan fingerprint density at radius 1 is 0.867 bits per heavy atom. The molecule has 2 aromatic rings. The SMILES string of the molecule is Cc1cccc(C)c1C1CCN(CCC(=O)N2c3ccccc3C[C@H]2C(=O)N(C)C)CC1.O=C(O)CC(O)(CC(=O)O)C(=O)O. The molecule has 2 heterocycles. The molecule has 0 aliphatic carbocycles. The maximum atomic E-state index is 13.3. The van der Waals surface area contributed by atoms with Crippen molar-refractivity contribution in [2.45, 2.75) is 69.9 Å². The standard InChI is InChI=1S/C27H35N3O2.C6H8O7/c1-19-8-7-9-20(2)26(19)21-12-15-29(16-13-21)17-14-25(31)30-23-11-6-5-10-22(23)18-24(30)27(32)28(3)4;7-3(8)1-6(13,5(11)12)2-4(9)10/h5-11,21,24H,12-18H2,1-4H3;13H,1-2H2,(H,7,8)(H,9,10)(H,11,12)/t24-;/m0./s1. The van der Waals surface area contributed by atoms with Crippen molar-refractivity contribution in [1.29, 1.82) is 0 Å². The number of hydrogen-bond donors (Lipinski definition) is 4. The number of carbonyl (C=O) groups is 5. The van der Waals surface area contributed by atoms with Gasteiger partial charge in [0.05, 0.1) is 12.8 Å². The third-order valence-corrected chi connectivity index (χ3v) is 8.44. The molecule has 0 radical (unpaired) electrons. The lowest BCUT2D eigenvalue weighted by Crippen LogP contribution is -2.48. The Morgan fingerprint density at radius 3 is 1.93 bits per heavy atom. The van der Waals surface area contributed by atoms with Gasteiger partial charge < -0.3 is 30.2 Å². The average Bonchev–Trinajstić information content (AvgIpc) is 3.35. The number of amides is 2. The number of carbonyl (C=O) groups excluding carboxylic acids is 2. The predicted octanol–water partition coefficient (Wildman–Crippen LogP) is 2.67. The molecule has 12 nitrogen and oxygen atoms in total. The Balaban J connectivity index is 0.000000360. The highest BCUT2D eigenvalue weighted by atomic mass is 16.4. The Labute approximate surface area is 262 Å². The average molecular weight is 626 g/mol. The minimum atomic E-state index is -2.74. The zero-order chi connectivity index (χ0) is 33.5. The molecule has 2 aliphatic rings. The number of likely N-dealkylation sites (tertiary alicyclic amines) is 1.